The molecule has 0 fully saturated rings. The molecule has 4 heterocycles. The van der Waals surface area contributed by atoms with Crippen LogP contribution in [0.3, 0.4) is 0 Å². The van der Waals surface area contributed by atoms with Crippen LogP contribution in [0.25, 0.3) is 21.7 Å². The van der Waals surface area contributed by atoms with E-state index in [1.54, 1.807) is 0 Å². The Morgan fingerprint density at radius 3 is 2.59 bits per heavy atom. The maximum absolute atomic E-state index is 13.3. The average molecular weight is 440 g/mol. The molecule has 1 aliphatic heterocycles. The van der Waals surface area contributed by atoms with E-state index in [1.165, 1.54) is 22.5 Å². The van der Waals surface area contributed by atoms with E-state index in [1.807, 2.05) is 58.4 Å². The Hall–Kier alpha value is -3.71. The lowest BCUT2D eigenvalue weighted by Gasteiger charge is -2.17. The molecule has 6 nitrogen and oxygen atoms in total. The Balaban J connectivity index is 1.40. The van der Waals surface area contributed by atoms with Gasteiger partial charge < -0.3 is 9.47 Å². The van der Waals surface area contributed by atoms with Gasteiger partial charge in [0.15, 0.2) is 5.01 Å². The first-order chi connectivity index (χ1) is 15.6. The largest absolute Gasteiger partial charge is 0.326 e. The predicted molar refractivity (Wildman–Crippen MR) is 126 cm³/mol. The molecule has 158 valence electrons. The monoisotopic (exact) mass is 439 g/mol. The van der Waals surface area contributed by atoms with Gasteiger partial charge in [0.05, 0.1) is 34.7 Å². The van der Waals surface area contributed by atoms with E-state index in [2.05, 4.69) is 41.6 Å². The van der Waals surface area contributed by atoms with Crippen molar-refractivity contribution in [2.45, 2.75) is 26.9 Å². The molecule has 0 radical (unpaired) electrons. The number of carbonyl (C=O) groups is 1. The van der Waals surface area contributed by atoms with Gasteiger partial charge in [-0.05, 0) is 49.7 Å². The Bertz CT molecular complexity index is 1440. The molecule has 0 unspecified atom stereocenters. The summed E-state index contributed by atoms with van der Waals surface area (Å²) in [7, 11) is 0. The Morgan fingerprint density at radius 1 is 1.00 bits per heavy atom. The van der Waals surface area contributed by atoms with Crippen LogP contribution in [0.1, 0.15) is 32.2 Å². The molecule has 5 aromatic rings. The standard InChI is InChI=1S/C25H21N5OS/c1-16-9-10-21(17(2)13-16)30-24(28-11-5-6-12-28)18-14-29(15-20(18)27-30)25(31)23-26-19-7-3-4-8-22(19)32-23/h3-13H,14-15H2,1-2H3. The minimum Gasteiger partial charge on any atom is -0.326 e. The van der Waals surface area contributed by atoms with E-state index >= 15 is 0 Å². The van der Waals surface area contributed by atoms with Crippen molar-refractivity contribution in [3.63, 3.8) is 0 Å². The molecule has 0 saturated heterocycles. The van der Waals surface area contributed by atoms with Crippen LogP contribution in [-0.4, -0.2) is 30.1 Å². The number of fused-ring (bicyclic) bond motifs is 2. The van der Waals surface area contributed by atoms with Crippen molar-refractivity contribution >= 4 is 27.5 Å². The maximum Gasteiger partial charge on any atom is 0.283 e. The highest BCUT2D eigenvalue weighted by molar-refractivity contribution is 7.20. The topological polar surface area (TPSA) is 56.0 Å². The van der Waals surface area contributed by atoms with Gasteiger partial charge in [-0.1, -0.05) is 29.8 Å². The van der Waals surface area contributed by atoms with E-state index in [0.29, 0.717) is 18.1 Å². The summed E-state index contributed by atoms with van der Waals surface area (Å²) in [5.41, 5.74) is 6.32. The van der Waals surface area contributed by atoms with Crippen LogP contribution in [0, 0.1) is 13.8 Å². The van der Waals surface area contributed by atoms with Gasteiger partial charge in [0.1, 0.15) is 5.82 Å². The highest BCUT2D eigenvalue weighted by Crippen LogP contribution is 2.33. The van der Waals surface area contributed by atoms with Gasteiger partial charge in [-0.25, -0.2) is 9.67 Å². The zero-order valence-electron chi connectivity index (χ0n) is 17.8. The first-order valence-corrected chi connectivity index (χ1v) is 11.4. The first kappa shape index (κ1) is 19.0. The summed E-state index contributed by atoms with van der Waals surface area (Å²) < 4.78 is 5.12. The van der Waals surface area contributed by atoms with Crippen molar-refractivity contribution in [1.29, 1.82) is 0 Å². The van der Waals surface area contributed by atoms with Crippen LogP contribution in [0.15, 0.2) is 67.0 Å². The van der Waals surface area contributed by atoms with Gasteiger partial charge in [0.2, 0.25) is 0 Å². The Kier molecular flexibility index (Phi) is 4.26. The molecule has 0 atom stereocenters. The summed E-state index contributed by atoms with van der Waals surface area (Å²) in [6, 6.07) is 18.3. The van der Waals surface area contributed by atoms with Crippen LogP contribution < -0.4 is 0 Å². The molecule has 1 amide bonds. The lowest BCUT2D eigenvalue weighted by molar-refractivity contribution is 0.0749. The van der Waals surface area contributed by atoms with Gasteiger partial charge >= 0.3 is 0 Å². The molecule has 32 heavy (non-hydrogen) atoms. The van der Waals surface area contributed by atoms with E-state index in [0.717, 1.165) is 33.0 Å². The number of benzene rings is 2. The molecule has 0 aliphatic carbocycles. The third kappa shape index (κ3) is 2.97. The van der Waals surface area contributed by atoms with Gasteiger partial charge in [0.25, 0.3) is 5.91 Å². The minimum atomic E-state index is -0.0410. The van der Waals surface area contributed by atoms with Crippen molar-refractivity contribution in [3.05, 3.63) is 94.4 Å². The molecule has 7 heteroatoms. The zero-order valence-corrected chi connectivity index (χ0v) is 18.6. The van der Waals surface area contributed by atoms with Gasteiger partial charge in [-0.2, -0.15) is 5.10 Å². The SMILES string of the molecule is Cc1ccc(-n2nc3c(c2-n2cccc2)CN(C(=O)c2nc4ccccc4s2)C3)c(C)c1. The number of thiazole rings is 1. The molecule has 3 aromatic heterocycles. The maximum atomic E-state index is 13.3. The number of nitrogens with zero attached hydrogens (tertiary/aromatic N) is 5. The minimum absolute atomic E-state index is 0.0410. The van der Waals surface area contributed by atoms with Crippen molar-refractivity contribution in [2.24, 2.45) is 0 Å². The van der Waals surface area contributed by atoms with E-state index < -0.39 is 0 Å². The van der Waals surface area contributed by atoms with Gasteiger partial charge in [0, 0.05) is 18.0 Å². The second kappa shape index (κ2) is 7.17. The lowest BCUT2D eigenvalue weighted by atomic mass is 10.1. The number of rotatable bonds is 3. The quantitative estimate of drug-likeness (QED) is 0.395. The molecule has 0 bridgehead atoms. The number of para-hydroxylation sites is 1. The van der Waals surface area contributed by atoms with Gasteiger partial charge in [-0.3, -0.25) is 4.79 Å². The normalized spacial score (nSPS) is 13.1. The smallest absolute Gasteiger partial charge is 0.283 e. The molecule has 0 spiro atoms. The van der Waals surface area contributed by atoms with Crippen LogP contribution in [0.5, 0.6) is 0 Å². The summed E-state index contributed by atoms with van der Waals surface area (Å²) in [4.78, 5) is 19.7. The summed E-state index contributed by atoms with van der Waals surface area (Å²) in [5, 5.41) is 5.49. The number of aryl methyl sites for hydroxylation is 2. The van der Waals surface area contributed by atoms with Crippen LogP contribution in [0.2, 0.25) is 0 Å². The number of amides is 1. The first-order valence-electron chi connectivity index (χ1n) is 10.5. The number of aromatic nitrogens is 4. The molecular formula is C25H21N5OS. The highest BCUT2D eigenvalue weighted by atomic mass is 32.1. The summed E-state index contributed by atoms with van der Waals surface area (Å²) in [6.45, 7) is 5.20. The fraction of sp³-hybridized carbons (Fsp3) is 0.160. The van der Waals surface area contributed by atoms with Crippen molar-refractivity contribution in [2.75, 3.05) is 0 Å². The number of carbonyl (C=O) groups excluding carboxylic acids is 1. The number of hydrogen-bond donors (Lipinski definition) is 0. The molecule has 1 aliphatic rings. The van der Waals surface area contributed by atoms with Crippen LogP contribution >= 0.6 is 11.3 Å². The molecular weight excluding hydrogens is 418 g/mol. The van der Waals surface area contributed by atoms with Crippen molar-refractivity contribution in [3.8, 4) is 11.5 Å². The lowest BCUT2D eigenvalue weighted by Crippen LogP contribution is -2.26. The molecule has 0 N–H and O–H groups in total. The fourth-order valence-corrected chi connectivity index (χ4v) is 5.33. The van der Waals surface area contributed by atoms with Gasteiger partial charge in [-0.15, -0.1) is 11.3 Å². The summed E-state index contributed by atoms with van der Waals surface area (Å²) in [6.07, 6.45) is 4.05. The van der Waals surface area contributed by atoms with E-state index in [9.17, 15) is 4.79 Å². The molecule has 6 rings (SSSR count). The summed E-state index contributed by atoms with van der Waals surface area (Å²) >= 11 is 1.45. The van der Waals surface area contributed by atoms with E-state index in [4.69, 9.17) is 5.10 Å². The van der Waals surface area contributed by atoms with Crippen molar-refractivity contribution < 1.29 is 4.79 Å². The van der Waals surface area contributed by atoms with E-state index in [-0.39, 0.29) is 5.91 Å². The third-order valence-corrected chi connectivity index (χ3v) is 6.95. The Morgan fingerprint density at radius 2 is 1.81 bits per heavy atom. The van der Waals surface area contributed by atoms with Crippen LogP contribution in [0.4, 0.5) is 0 Å². The Labute approximate surface area is 189 Å². The fourth-order valence-electron chi connectivity index (χ4n) is 4.40. The molecule has 0 saturated carbocycles. The average Bonchev–Trinajstić information content (AvgIpc) is 3.55. The second-order valence-electron chi connectivity index (χ2n) is 8.19. The summed E-state index contributed by atoms with van der Waals surface area (Å²) in [5.74, 6) is 0.942. The van der Waals surface area contributed by atoms with Crippen molar-refractivity contribution in [1.82, 2.24) is 24.2 Å². The third-order valence-electron chi connectivity index (χ3n) is 5.92. The zero-order chi connectivity index (χ0) is 21.8. The number of hydrogen-bond acceptors (Lipinski definition) is 4. The predicted octanol–water partition coefficient (Wildman–Crippen LogP) is 5.05. The molecule has 2 aromatic carbocycles. The van der Waals surface area contributed by atoms with Crippen LogP contribution in [-0.2, 0) is 13.1 Å². The second-order valence-corrected chi connectivity index (χ2v) is 9.22. The highest BCUT2D eigenvalue weighted by Gasteiger charge is 2.33.